The lowest BCUT2D eigenvalue weighted by molar-refractivity contribution is -0.185. The van der Waals surface area contributed by atoms with E-state index in [1.54, 1.807) is 0 Å². The first-order valence-electron chi connectivity index (χ1n) is 7.79. The Kier molecular flexibility index (Phi) is 4.22. The van der Waals surface area contributed by atoms with Crippen LogP contribution in [0.25, 0.3) is 0 Å². The van der Waals surface area contributed by atoms with Crippen molar-refractivity contribution in [3.63, 3.8) is 0 Å². The highest BCUT2D eigenvalue weighted by Gasteiger charge is 2.63. The fraction of sp³-hybridized carbons (Fsp3) is 0.812. The monoisotopic (exact) mass is 328 g/mol. The van der Waals surface area contributed by atoms with Crippen molar-refractivity contribution in [2.45, 2.75) is 64.6 Å². The number of aliphatic hydroxyl groups is 1. The molecule has 2 aliphatic carbocycles. The molecule has 0 saturated heterocycles. The van der Waals surface area contributed by atoms with E-state index in [1.165, 1.54) is 0 Å². The molecule has 0 amide bonds. The summed E-state index contributed by atoms with van der Waals surface area (Å²) in [5, 5.41) is 27.9. The molecule has 2 bridgehead atoms. The van der Waals surface area contributed by atoms with Crippen LogP contribution in [0.4, 0.5) is 0 Å². The van der Waals surface area contributed by atoms with Gasteiger partial charge in [0.15, 0.2) is 5.60 Å². The van der Waals surface area contributed by atoms with E-state index in [1.807, 2.05) is 6.92 Å². The molecule has 0 spiro atoms. The molecule has 2 rings (SSSR count). The van der Waals surface area contributed by atoms with E-state index in [4.69, 9.17) is 14.9 Å². The summed E-state index contributed by atoms with van der Waals surface area (Å²) >= 11 is 0. The second-order valence-electron chi connectivity index (χ2n) is 7.68. The smallest absolute Gasteiger partial charge is 0.339 e. The van der Waals surface area contributed by atoms with Gasteiger partial charge < -0.3 is 20.1 Å². The Morgan fingerprint density at radius 1 is 1.13 bits per heavy atom. The Labute approximate surface area is 134 Å². The van der Waals surface area contributed by atoms with E-state index in [0.717, 1.165) is 12.8 Å². The van der Waals surface area contributed by atoms with Gasteiger partial charge in [0, 0.05) is 5.41 Å². The Balaban J connectivity index is 2.17. The van der Waals surface area contributed by atoms with Gasteiger partial charge in [-0.3, -0.25) is 9.59 Å². The van der Waals surface area contributed by atoms with E-state index >= 15 is 0 Å². The standard InChI is InChI=1S/C16H24O7/c1-14(2)9-4-5-15(14,3)10(6-9)23-13(21)16(22,7-11(17)18)8-12(19)20/h9-10,22H,4-8H2,1-3H3,(H,17,18)(H,19,20)/t9-,10+,15-/m0/s1. The summed E-state index contributed by atoms with van der Waals surface area (Å²) in [5.74, 6) is -3.66. The molecule has 3 N–H and O–H groups in total. The average molecular weight is 328 g/mol. The van der Waals surface area contributed by atoms with E-state index in [2.05, 4.69) is 13.8 Å². The van der Waals surface area contributed by atoms with Gasteiger partial charge in [-0.25, -0.2) is 4.79 Å². The highest BCUT2D eigenvalue weighted by atomic mass is 16.6. The fourth-order valence-electron chi connectivity index (χ4n) is 4.25. The van der Waals surface area contributed by atoms with E-state index in [0.29, 0.717) is 12.3 Å². The van der Waals surface area contributed by atoms with E-state index in [-0.39, 0.29) is 10.8 Å². The highest BCUT2D eigenvalue weighted by Crippen LogP contribution is 2.66. The number of esters is 1. The number of hydrogen-bond donors (Lipinski definition) is 3. The van der Waals surface area contributed by atoms with Crippen molar-refractivity contribution in [2.75, 3.05) is 0 Å². The molecule has 0 radical (unpaired) electrons. The second-order valence-corrected chi connectivity index (χ2v) is 7.68. The van der Waals surface area contributed by atoms with Gasteiger partial charge in [0.25, 0.3) is 0 Å². The molecule has 7 heteroatoms. The van der Waals surface area contributed by atoms with Crippen LogP contribution in [0, 0.1) is 16.7 Å². The second kappa shape index (κ2) is 5.47. The molecular weight excluding hydrogens is 304 g/mol. The SMILES string of the molecule is CC1(C)[C@H]2CC[C@@]1(C)[C@H](OC(=O)C(O)(CC(=O)O)CC(=O)O)C2. The third-order valence-corrected chi connectivity index (χ3v) is 6.23. The molecule has 130 valence electrons. The first kappa shape index (κ1) is 17.7. The summed E-state index contributed by atoms with van der Waals surface area (Å²) in [5.41, 5.74) is -2.81. The maximum Gasteiger partial charge on any atom is 0.339 e. The van der Waals surface area contributed by atoms with Crippen LogP contribution in [-0.4, -0.2) is 44.9 Å². The Morgan fingerprint density at radius 3 is 2.00 bits per heavy atom. The lowest BCUT2D eigenvalue weighted by atomic mass is 9.70. The molecule has 0 aromatic rings. The van der Waals surface area contributed by atoms with Gasteiger partial charge >= 0.3 is 17.9 Å². The number of carboxylic acid groups (broad SMARTS) is 2. The zero-order valence-corrected chi connectivity index (χ0v) is 13.7. The molecule has 3 atom stereocenters. The number of carbonyl (C=O) groups is 3. The molecular formula is C16H24O7. The van der Waals surface area contributed by atoms with Crippen molar-refractivity contribution in [1.82, 2.24) is 0 Å². The fourth-order valence-corrected chi connectivity index (χ4v) is 4.25. The van der Waals surface area contributed by atoms with Crippen LogP contribution in [0.15, 0.2) is 0 Å². The molecule has 0 aromatic heterocycles. The molecule has 23 heavy (non-hydrogen) atoms. The predicted octanol–water partition coefficient (Wildman–Crippen LogP) is 1.42. The summed E-state index contributed by atoms with van der Waals surface area (Å²) < 4.78 is 5.44. The lowest BCUT2D eigenvalue weighted by Gasteiger charge is -2.39. The van der Waals surface area contributed by atoms with Crippen LogP contribution < -0.4 is 0 Å². The number of fused-ring (bicyclic) bond motifs is 2. The van der Waals surface area contributed by atoms with Crippen molar-refractivity contribution >= 4 is 17.9 Å². The van der Waals surface area contributed by atoms with Crippen molar-refractivity contribution in [3.05, 3.63) is 0 Å². The summed E-state index contributed by atoms with van der Waals surface area (Å²) in [6.45, 7) is 6.28. The van der Waals surface area contributed by atoms with Gasteiger partial charge in [-0.15, -0.1) is 0 Å². The van der Waals surface area contributed by atoms with Crippen LogP contribution in [0.2, 0.25) is 0 Å². The molecule has 7 nitrogen and oxygen atoms in total. The minimum atomic E-state index is -2.54. The molecule has 0 heterocycles. The van der Waals surface area contributed by atoms with Crippen molar-refractivity contribution in [2.24, 2.45) is 16.7 Å². The van der Waals surface area contributed by atoms with Gasteiger partial charge in [-0.05, 0) is 30.6 Å². The number of ether oxygens (including phenoxy) is 1. The molecule has 0 aromatic carbocycles. The summed E-state index contributed by atoms with van der Waals surface area (Å²) in [4.78, 5) is 34.1. The number of hydrogen-bond acceptors (Lipinski definition) is 5. The van der Waals surface area contributed by atoms with Gasteiger partial charge in [0.05, 0.1) is 12.8 Å². The maximum absolute atomic E-state index is 12.3. The number of rotatable bonds is 6. The largest absolute Gasteiger partial charge is 0.481 e. The van der Waals surface area contributed by atoms with Crippen molar-refractivity contribution < 1.29 is 34.4 Å². The Bertz CT molecular complexity index is 523. The summed E-state index contributed by atoms with van der Waals surface area (Å²) in [7, 11) is 0. The zero-order chi connectivity index (χ0) is 17.6. The number of aliphatic carboxylic acids is 2. The Morgan fingerprint density at radius 2 is 1.65 bits per heavy atom. The van der Waals surface area contributed by atoms with Crippen LogP contribution in [0.3, 0.4) is 0 Å². The number of carbonyl (C=O) groups excluding carboxylic acids is 1. The topological polar surface area (TPSA) is 121 Å². The van der Waals surface area contributed by atoms with Crippen molar-refractivity contribution in [1.29, 1.82) is 0 Å². The summed E-state index contributed by atoms with van der Waals surface area (Å²) in [6.07, 6.45) is 0.178. The molecule has 2 aliphatic rings. The zero-order valence-electron chi connectivity index (χ0n) is 13.7. The van der Waals surface area contributed by atoms with Crippen LogP contribution >= 0.6 is 0 Å². The Hall–Kier alpha value is -1.63. The molecule has 2 saturated carbocycles. The van der Waals surface area contributed by atoms with Gasteiger partial charge in [-0.1, -0.05) is 20.8 Å². The first-order valence-corrected chi connectivity index (χ1v) is 7.79. The average Bonchev–Trinajstić information content (AvgIpc) is 2.69. The quantitative estimate of drug-likeness (QED) is 0.630. The normalized spacial score (nSPS) is 31.8. The van der Waals surface area contributed by atoms with E-state index < -0.39 is 42.5 Å². The van der Waals surface area contributed by atoms with Gasteiger partial charge in [-0.2, -0.15) is 0 Å². The molecule has 2 fully saturated rings. The minimum absolute atomic E-state index is 0.0182. The van der Waals surface area contributed by atoms with E-state index in [9.17, 15) is 19.5 Å². The van der Waals surface area contributed by atoms with Crippen LogP contribution in [0.1, 0.15) is 52.9 Å². The van der Waals surface area contributed by atoms with Crippen LogP contribution in [-0.2, 0) is 19.1 Å². The minimum Gasteiger partial charge on any atom is -0.481 e. The first-order chi connectivity index (χ1) is 10.4. The van der Waals surface area contributed by atoms with Gasteiger partial charge in [0.1, 0.15) is 6.10 Å². The maximum atomic E-state index is 12.3. The third-order valence-electron chi connectivity index (χ3n) is 6.23. The van der Waals surface area contributed by atoms with Gasteiger partial charge in [0.2, 0.25) is 0 Å². The predicted molar refractivity (Wildman–Crippen MR) is 78.6 cm³/mol. The summed E-state index contributed by atoms with van der Waals surface area (Å²) in [6, 6.07) is 0. The number of carboxylic acids is 2. The lowest BCUT2D eigenvalue weighted by Crippen LogP contribution is -2.48. The van der Waals surface area contributed by atoms with Crippen molar-refractivity contribution in [3.8, 4) is 0 Å². The molecule has 0 aliphatic heterocycles. The molecule has 0 unspecified atom stereocenters. The third kappa shape index (κ3) is 2.82. The highest BCUT2D eigenvalue weighted by molar-refractivity contribution is 5.89. The van der Waals surface area contributed by atoms with Crippen LogP contribution in [0.5, 0.6) is 0 Å².